The molecule has 2 aromatic carbocycles. The number of aromatic carboxylic acids is 1. The number of piperidine rings is 1. The number of thiazole rings is 1. The van der Waals surface area contributed by atoms with E-state index in [-0.39, 0.29) is 53.0 Å². The first kappa shape index (κ1) is 24.6. The highest BCUT2D eigenvalue weighted by Gasteiger charge is 2.43. The predicted octanol–water partition coefficient (Wildman–Crippen LogP) is 6.66. The number of halogens is 3. The van der Waals surface area contributed by atoms with E-state index in [0.717, 1.165) is 44.6 Å². The Balaban J connectivity index is 1.11. The third kappa shape index (κ3) is 4.28. The van der Waals surface area contributed by atoms with Gasteiger partial charge in [-0.2, -0.15) is 0 Å². The third-order valence-corrected chi connectivity index (χ3v) is 9.04. The van der Waals surface area contributed by atoms with Crippen molar-refractivity contribution >= 4 is 32.7 Å². The van der Waals surface area contributed by atoms with E-state index >= 15 is 0 Å². The smallest absolute Gasteiger partial charge is 0.335 e. The Kier molecular flexibility index (Phi) is 5.89. The van der Waals surface area contributed by atoms with Crippen molar-refractivity contribution in [2.75, 3.05) is 4.90 Å². The number of fused-ring (bicyclic) bond motifs is 3. The van der Waals surface area contributed by atoms with Gasteiger partial charge in [0.1, 0.15) is 28.6 Å². The predicted molar refractivity (Wildman–Crippen MR) is 137 cm³/mol. The van der Waals surface area contributed by atoms with Gasteiger partial charge in [-0.25, -0.2) is 22.9 Å². The number of ether oxygens (including phenoxy) is 1. The van der Waals surface area contributed by atoms with Crippen molar-refractivity contribution in [1.29, 1.82) is 0 Å². The summed E-state index contributed by atoms with van der Waals surface area (Å²) >= 11 is 1.30. The van der Waals surface area contributed by atoms with Crippen LogP contribution in [0.25, 0.3) is 21.5 Å². The molecule has 1 saturated carbocycles. The molecule has 4 aromatic rings. The standard InChI is InChI=1S/C28H24F3N3O4S/c29-19-2-1-3-20(30)23(19)24-18(26(38-33-24)13-4-5-13)12-37-17-10-15-6-7-16(11-17)34(15)28-32-25-21(31)8-14(27(35)36)9-22(25)39-28/h1-3,8-9,13,15-17H,4-7,10-12H2,(H,35,36). The monoisotopic (exact) mass is 555 g/mol. The van der Waals surface area contributed by atoms with Gasteiger partial charge in [0.05, 0.1) is 28.5 Å². The zero-order valence-corrected chi connectivity index (χ0v) is 21.5. The zero-order valence-electron chi connectivity index (χ0n) is 20.7. The van der Waals surface area contributed by atoms with E-state index in [9.17, 15) is 23.1 Å². The van der Waals surface area contributed by atoms with Crippen LogP contribution in [-0.2, 0) is 11.3 Å². The average molecular weight is 556 g/mol. The lowest BCUT2D eigenvalue weighted by Crippen LogP contribution is -2.45. The highest BCUT2D eigenvalue weighted by Crippen LogP contribution is 2.46. The van der Waals surface area contributed by atoms with Crippen LogP contribution in [0, 0.1) is 17.5 Å². The topological polar surface area (TPSA) is 88.7 Å². The molecule has 202 valence electrons. The van der Waals surface area contributed by atoms with Gasteiger partial charge < -0.3 is 19.3 Å². The largest absolute Gasteiger partial charge is 0.478 e. The minimum Gasteiger partial charge on any atom is -0.478 e. The molecular formula is C28H24F3N3O4S. The number of rotatable bonds is 7. The molecule has 2 bridgehead atoms. The molecule has 0 spiro atoms. The maximum absolute atomic E-state index is 14.6. The van der Waals surface area contributed by atoms with Crippen LogP contribution in [0.3, 0.4) is 0 Å². The summed E-state index contributed by atoms with van der Waals surface area (Å²) < 4.78 is 56.2. The second kappa shape index (κ2) is 9.34. The highest BCUT2D eigenvalue weighted by atomic mass is 32.1. The van der Waals surface area contributed by atoms with E-state index in [1.54, 1.807) is 0 Å². The molecule has 0 amide bonds. The molecule has 3 fully saturated rings. The van der Waals surface area contributed by atoms with Crippen LogP contribution >= 0.6 is 11.3 Å². The van der Waals surface area contributed by atoms with Crippen molar-refractivity contribution < 1.29 is 32.3 Å². The summed E-state index contributed by atoms with van der Waals surface area (Å²) in [6.07, 6.45) is 5.14. The summed E-state index contributed by atoms with van der Waals surface area (Å²) in [5.41, 5.74) is 0.651. The Morgan fingerprint density at radius 2 is 1.79 bits per heavy atom. The van der Waals surface area contributed by atoms with E-state index in [4.69, 9.17) is 9.26 Å². The summed E-state index contributed by atoms with van der Waals surface area (Å²) in [5.74, 6) is -2.37. The van der Waals surface area contributed by atoms with Gasteiger partial charge in [-0.1, -0.05) is 22.6 Å². The first-order valence-electron chi connectivity index (χ1n) is 13.0. The minimum absolute atomic E-state index is 0.0799. The Morgan fingerprint density at radius 3 is 2.46 bits per heavy atom. The molecule has 4 heterocycles. The van der Waals surface area contributed by atoms with Crippen molar-refractivity contribution in [3.63, 3.8) is 0 Å². The van der Waals surface area contributed by atoms with Gasteiger partial charge in [-0.3, -0.25) is 0 Å². The Labute approximate surface area is 225 Å². The molecule has 3 aliphatic rings. The number of hydrogen-bond donors (Lipinski definition) is 1. The first-order chi connectivity index (χ1) is 18.9. The fourth-order valence-corrected chi connectivity index (χ4v) is 7.20. The van der Waals surface area contributed by atoms with Crippen molar-refractivity contribution in [2.24, 2.45) is 0 Å². The van der Waals surface area contributed by atoms with Crippen molar-refractivity contribution in [3.8, 4) is 11.3 Å². The Hall–Kier alpha value is -3.44. The molecule has 11 heteroatoms. The SMILES string of the molecule is O=C(O)c1cc(F)c2nc(N3C4CCC3CC(OCc3c(-c5c(F)cccc5F)noc3C3CC3)C4)sc2c1. The Morgan fingerprint density at radius 1 is 1.08 bits per heavy atom. The van der Waals surface area contributed by atoms with Gasteiger partial charge in [0.25, 0.3) is 0 Å². The quantitative estimate of drug-likeness (QED) is 0.273. The molecule has 2 saturated heterocycles. The number of anilines is 1. The third-order valence-electron chi connectivity index (χ3n) is 8.02. The number of hydrogen-bond acceptors (Lipinski definition) is 7. The van der Waals surface area contributed by atoms with Crippen LogP contribution in [0.15, 0.2) is 34.9 Å². The fraction of sp³-hybridized carbons (Fsp3) is 0.393. The molecular weight excluding hydrogens is 531 g/mol. The maximum Gasteiger partial charge on any atom is 0.335 e. The van der Waals surface area contributed by atoms with Crippen molar-refractivity contribution in [2.45, 2.75) is 69.2 Å². The molecule has 7 rings (SSSR count). The van der Waals surface area contributed by atoms with Crippen LogP contribution in [0.5, 0.6) is 0 Å². The molecule has 2 unspecified atom stereocenters. The molecule has 2 atom stereocenters. The number of benzene rings is 2. The van der Waals surface area contributed by atoms with E-state index < -0.39 is 23.4 Å². The molecule has 1 aliphatic carbocycles. The number of aromatic nitrogens is 2. The number of nitrogens with zero attached hydrogens (tertiary/aromatic N) is 3. The maximum atomic E-state index is 14.6. The lowest BCUT2D eigenvalue weighted by Gasteiger charge is -2.38. The zero-order chi connectivity index (χ0) is 26.8. The molecule has 0 radical (unpaired) electrons. The minimum atomic E-state index is -1.18. The van der Waals surface area contributed by atoms with Crippen LogP contribution in [0.4, 0.5) is 18.3 Å². The molecule has 2 aliphatic heterocycles. The van der Waals surface area contributed by atoms with E-state index in [2.05, 4.69) is 15.0 Å². The lowest BCUT2D eigenvalue weighted by atomic mass is 10.00. The van der Waals surface area contributed by atoms with Gasteiger partial charge in [0, 0.05) is 23.6 Å². The normalized spacial score (nSPS) is 22.6. The highest BCUT2D eigenvalue weighted by molar-refractivity contribution is 7.22. The summed E-state index contributed by atoms with van der Waals surface area (Å²) in [6, 6.07) is 6.49. The summed E-state index contributed by atoms with van der Waals surface area (Å²) in [7, 11) is 0. The van der Waals surface area contributed by atoms with E-state index in [1.807, 2.05) is 0 Å². The van der Waals surface area contributed by atoms with Crippen LogP contribution in [-0.4, -0.2) is 39.4 Å². The Bertz CT molecular complexity index is 1570. The van der Waals surface area contributed by atoms with Crippen molar-refractivity contribution in [1.82, 2.24) is 10.1 Å². The summed E-state index contributed by atoms with van der Waals surface area (Å²) in [5, 5.41) is 14.0. The van der Waals surface area contributed by atoms with E-state index in [0.29, 0.717) is 21.2 Å². The van der Waals surface area contributed by atoms with Gasteiger partial charge >= 0.3 is 5.97 Å². The van der Waals surface area contributed by atoms with Crippen LogP contribution in [0.1, 0.15) is 66.1 Å². The van der Waals surface area contributed by atoms with Crippen molar-refractivity contribution in [3.05, 3.63) is 64.7 Å². The number of carboxylic acid groups (broad SMARTS) is 1. The molecule has 39 heavy (non-hydrogen) atoms. The van der Waals surface area contributed by atoms with E-state index in [1.165, 1.54) is 35.6 Å². The molecule has 1 N–H and O–H groups in total. The summed E-state index contributed by atoms with van der Waals surface area (Å²) in [4.78, 5) is 18.1. The average Bonchev–Trinajstić information content (AvgIpc) is 3.42. The fourth-order valence-electron chi connectivity index (χ4n) is 6.04. The van der Waals surface area contributed by atoms with Gasteiger partial charge in [-0.05, 0) is 62.8 Å². The van der Waals surface area contributed by atoms with Gasteiger partial charge in [0.15, 0.2) is 10.9 Å². The lowest BCUT2D eigenvalue weighted by molar-refractivity contribution is 0.0147. The second-order valence-electron chi connectivity index (χ2n) is 10.5. The molecule has 7 nitrogen and oxygen atoms in total. The molecule has 2 aromatic heterocycles. The van der Waals surface area contributed by atoms with Crippen LogP contribution < -0.4 is 4.90 Å². The number of carbonyl (C=O) groups is 1. The van der Waals surface area contributed by atoms with Crippen LogP contribution in [0.2, 0.25) is 0 Å². The number of carboxylic acids is 1. The summed E-state index contributed by atoms with van der Waals surface area (Å²) in [6.45, 7) is 0.146. The van der Waals surface area contributed by atoms with Gasteiger partial charge in [-0.15, -0.1) is 0 Å². The van der Waals surface area contributed by atoms with Gasteiger partial charge in [0.2, 0.25) is 0 Å². The second-order valence-corrected chi connectivity index (χ2v) is 11.6. The first-order valence-corrected chi connectivity index (χ1v) is 13.8.